The summed E-state index contributed by atoms with van der Waals surface area (Å²) in [6, 6.07) is 7.26. The Morgan fingerprint density at radius 2 is 2.07 bits per heavy atom. The Morgan fingerprint density at radius 3 is 2.73 bits per heavy atom. The second-order valence-corrected chi connectivity index (χ2v) is 3.95. The lowest BCUT2D eigenvalue weighted by Crippen LogP contribution is -1.98. The summed E-state index contributed by atoms with van der Waals surface area (Å²) in [4.78, 5) is 0. The number of halogens is 2. The minimum atomic E-state index is 0.617. The maximum Gasteiger partial charge on any atom is 0.0952 e. The Hall–Kier alpha value is -1.12. The van der Waals surface area contributed by atoms with Crippen LogP contribution in [0.25, 0.3) is 0 Å². The van der Waals surface area contributed by atoms with E-state index in [0.29, 0.717) is 16.6 Å². The Labute approximate surface area is 97.8 Å². The summed E-state index contributed by atoms with van der Waals surface area (Å²) in [6.07, 6.45) is 3.33. The van der Waals surface area contributed by atoms with Gasteiger partial charge in [0.2, 0.25) is 0 Å². The molecular weight excluding hydrogens is 233 g/mol. The first-order valence-corrected chi connectivity index (χ1v) is 5.21. The van der Waals surface area contributed by atoms with Crippen molar-refractivity contribution in [2.24, 2.45) is 0 Å². The third-order valence-electron chi connectivity index (χ3n) is 1.99. The Kier molecular flexibility index (Phi) is 3.19. The van der Waals surface area contributed by atoms with E-state index in [2.05, 4.69) is 5.32 Å². The van der Waals surface area contributed by atoms with Gasteiger partial charge in [-0.15, -0.1) is 0 Å². The molecule has 4 heteroatoms. The molecule has 1 aromatic heterocycles. The van der Waals surface area contributed by atoms with Gasteiger partial charge in [-0.2, -0.15) is 0 Å². The quantitative estimate of drug-likeness (QED) is 0.872. The summed E-state index contributed by atoms with van der Waals surface area (Å²) in [6.45, 7) is 0.678. The zero-order valence-corrected chi connectivity index (χ0v) is 9.35. The number of benzene rings is 1. The summed E-state index contributed by atoms with van der Waals surface area (Å²) in [5, 5.41) is 4.44. The molecule has 78 valence electrons. The van der Waals surface area contributed by atoms with Crippen molar-refractivity contribution < 1.29 is 4.42 Å². The summed E-state index contributed by atoms with van der Waals surface area (Å²) in [7, 11) is 0. The molecule has 0 fully saturated rings. The van der Waals surface area contributed by atoms with Crippen molar-refractivity contribution in [3.63, 3.8) is 0 Å². The predicted octanol–water partition coefficient (Wildman–Crippen LogP) is 4.20. The largest absolute Gasteiger partial charge is 0.472 e. The second kappa shape index (κ2) is 4.60. The van der Waals surface area contributed by atoms with Crippen LogP contribution in [-0.2, 0) is 6.54 Å². The lowest BCUT2D eigenvalue weighted by molar-refractivity contribution is 0.564. The lowest BCUT2D eigenvalue weighted by atomic mass is 10.3. The summed E-state index contributed by atoms with van der Waals surface area (Å²) >= 11 is 11.8. The van der Waals surface area contributed by atoms with Crippen LogP contribution in [0.2, 0.25) is 10.0 Å². The SMILES string of the molecule is Clc1ccc(NCc2ccoc2)c(Cl)c1. The third-order valence-corrected chi connectivity index (χ3v) is 2.54. The van der Waals surface area contributed by atoms with Crippen LogP contribution in [0, 0.1) is 0 Å². The molecule has 0 radical (unpaired) electrons. The molecule has 0 saturated heterocycles. The molecule has 1 N–H and O–H groups in total. The van der Waals surface area contributed by atoms with Crippen LogP contribution in [0.15, 0.2) is 41.2 Å². The van der Waals surface area contributed by atoms with E-state index in [-0.39, 0.29) is 0 Å². The monoisotopic (exact) mass is 241 g/mol. The molecule has 1 heterocycles. The number of hydrogen-bond acceptors (Lipinski definition) is 2. The average molecular weight is 242 g/mol. The molecule has 0 saturated carbocycles. The first-order chi connectivity index (χ1) is 7.25. The molecule has 2 aromatic rings. The van der Waals surface area contributed by atoms with Crippen molar-refractivity contribution in [3.05, 3.63) is 52.4 Å². The minimum Gasteiger partial charge on any atom is -0.472 e. The van der Waals surface area contributed by atoms with Gasteiger partial charge in [0, 0.05) is 17.1 Å². The number of furan rings is 1. The molecule has 2 rings (SSSR count). The summed E-state index contributed by atoms with van der Waals surface area (Å²) in [5.74, 6) is 0. The molecule has 0 unspecified atom stereocenters. The molecule has 0 amide bonds. The van der Waals surface area contributed by atoms with Gasteiger partial charge in [0.1, 0.15) is 0 Å². The summed E-state index contributed by atoms with van der Waals surface area (Å²) < 4.78 is 4.96. The highest BCUT2D eigenvalue weighted by Gasteiger charge is 2.01. The van der Waals surface area contributed by atoms with E-state index in [9.17, 15) is 0 Å². The fraction of sp³-hybridized carbons (Fsp3) is 0.0909. The molecule has 0 atom stereocenters. The fourth-order valence-electron chi connectivity index (χ4n) is 1.22. The van der Waals surface area contributed by atoms with Crippen molar-refractivity contribution in [3.8, 4) is 0 Å². The van der Waals surface area contributed by atoms with E-state index in [4.69, 9.17) is 27.6 Å². The minimum absolute atomic E-state index is 0.617. The maximum atomic E-state index is 6.00. The number of hydrogen-bond donors (Lipinski definition) is 1. The van der Waals surface area contributed by atoms with E-state index in [0.717, 1.165) is 11.3 Å². The molecule has 0 aliphatic rings. The van der Waals surface area contributed by atoms with E-state index >= 15 is 0 Å². The van der Waals surface area contributed by atoms with Gasteiger partial charge in [0.15, 0.2) is 0 Å². The van der Waals surface area contributed by atoms with E-state index in [1.807, 2.05) is 12.1 Å². The van der Waals surface area contributed by atoms with Gasteiger partial charge >= 0.3 is 0 Å². The van der Waals surface area contributed by atoms with Crippen molar-refractivity contribution in [1.29, 1.82) is 0 Å². The van der Waals surface area contributed by atoms with Crippen LogP contribution in [0.4, 0.5) is 5.69 Å². The highest BCUT2D eigenvalue weighted by atomic mass is 35.5. The van der Waals surface area contributed by atoms with Crippen LogP contribution >= 0.6 is 23.2 Å². The molecule has 0 aliphatic heterocycles. The van der Waals surface area contributed by atoms with Crippen molar-refractivity contribution in [1.82, 2.24) is 0 Å². The van der Waals surface area contributed by atoms with Gasteiger partial charge < -0.3 is 9.73 Å². The number of anilines is 1. The molecule has 0 aliphatic carbocycles. The molecule has 0 spiro atoms. The highest BCUT2D eigenvalue weighted by Crippen LogP contribution is 2.25. The van der Waals surface area contributed by atoms with E-state index < -0.39 is 0 Å². The van der Waals surface area contributed by atoms with Gasteiger partial charge in [-0.1, -0.05) is 23.2 Å². The first-order valence-electron chi connectivity index (χ1n) is 4.46. The maximum absolute atomic E-state index is 6.00. The predicted molar refractivity (Wildman–Crippen MR) is 62.5 cm³/mol. The van der Waals surface area contributed by atoms with Crippen LogP contribution in [-0.4, -0.2) is 0 Å². The van der Waals surface area contributed by atoms with Crippen molar-refractivity contribution in [2.75, 3.05) is 5.32 Å². The molecular formula is C11H9Cl2NO. The molecule has 1 aromatic carbocycles. The first kappa shape index (κ1) is 10.4. The zero-order chi connectivity index (χ0) is 10.7. The lowest BCUT2D eigenvalue weighted by Gasteiger charge is -2.06. The molecule has 15 heavy (non-hydrogen) atoms. The fourth-order valence-corrected chi connectivity index (χ4v) is 1.70. The number of rotatable bonds is 3. The van der Waals surface area contributed by atoms with Crippen LogP contribution < -0.4 is 5.32 Å². The third kappa shape index (κ3) is 2.67. The standard InChI is InChI=1S/C11H9Cl2NO/c12-9-1-2-11(10(13)5-9)14-6-8-3-4-15-7-8/h1-5,7,14H,6H2. The van der Waals surface area contributed by atoms with E-state index in [1.54, 1.807) is 24.7 Å². The topological polar surface area (TPSA) is 25.2 Å². The van der Waals surface area contributed by atoms with Crippen molar-refractivity contribution in [2.45, 2.75) is 6.54 Å². The summed E-state index contributed by atoms with van der Waals surface area (Å²) in [5.41, 5.74) is 1.93. The van der Waals surface area contributed by atoms with Crippen LogP contribution in [0.5, 0.6) is 0 Å². The smallest absolute Gasteiger partial charge is 0.0952 e. The van der Waals surface area contributed by atoms with Crippen LogP contribution in [0.1, 0.15) is 5.56 Å². The van der Waals surface area contributed by atoms with Crippen molar-refractivity contribution >= 4 is 28.9 Å². The second-order valence-electron chi connectivity index (χ2n) is 3.11. The highest BCUT2D eigenvalue weighted by molar-refractivity contribution is 6.36. The Balaban J connectivity index is 2.05. The molecule has 2 nitrogen and oxygen atoms in total. The molecule has 0 bridgehead atoms. The van der Waals surface area contributed by atoms with Gasteiger partial charge in [-0.05, 0) is 24.3 Å². The van der Waals surface area contributed by atoms with Gasteiger partial charge in [0.25, 0.3) is 0 Å². The Bertz CT molecular complexity index is 440. The van der Waals surface area contributed by atoms with Gasteiger partial charge in [0.05, 0.1) is 23.2 Å². The van der Waals surface area contributed by atoms with Gasteiger partial charge in [-0.25, -0.2) is 0 Å². The van der Waals surface area contributed by atoms with Crippen LogP contribution in [0.3, 0.4) is 0 Å². The zero-order valence-electron chi connectivity index (χ0n) is 7.84. The number of nitrogens with one attached hydrogen (secondary N) is 1. The van der Waals surface area contributed by atoms with Gasteiger partial charge in [-0.3, -0.25) is 0 Å². The normalized spacial score (nSPS) is 10.3. The average Bonchev–Trinajstić information content (AvgIpc) is 2.69. The van der Waals surface area contributed by atoms with E-state index in [1.165, 1.54) is 0 Å². The Morgan fingerprint density at radius 1 is 1.20 bits per heavy atom.